The first-order valence-corrected chi connectivity index (χ1v) is 14.2. The molecule has 2 aromatic heterocycles. The van der Waals surface area contributed by atoms with E-state index in [1.807, 2.05) is 30.6 Å². The molecule has 2 aliphatic rings. The van der Waals surface area contributed by atoms with Crippen molar-refractivity contribution >= 4 is 16.9 Å². The fraction of sp³-hybridized carbons (Fsp3) is 0.533. The van der Waals surface area contributed by atoms with Crippen molar-refractivity contribution in [2.75, 3.05) is 26.4 Å². The molecule has 1 saturated heterocycles. The van der Waals surface area contributed by atoms with Gasteiger partial charge in [0.15, 0.2) is 5.58 Å². The monoisotopic (exact) mass is 537 g/mol. The van der Waals surface area contributed by atoms with E-state index in [2.05, 4.69) is 5.16 Å². The van der Waals surface area contributed by atoms with E-state index in [0.717, 1.165) is 86.3 Å². The third-order valence-electron chi connectivity index (χ3n) is 8.36. The van der Waals surface area contributed by atoms with E-state index in [1.54, 1.807) is 6.07 Å². The number of allylic oxidation sites excluding steroid dienone is 1. The number of benzene rings is 1. The van der Waals surface area contributed by atoms with Crippen LogP contribution < -0.4 is 5.56 Å². The number of quaternary nitrogens is 1. The number of aromatic nitrogens is 3. The van der Waals surface area contributed by atoms with Crippen molar-refractivity contribution in [3.8, 4) is 0 Å². The number of aryl methyl sites for hydroxylation is 2. The van der Waals surface area contributed by atoms with E-state index >= 15 is 0 Å². The zero-order chi connectivity index (χ0) is 27.4. The van der Waals surface area contributed by atoms with Crippen LogP contribution in [0.15, 0.2) is 39.7 Å². The number of esters is 1. The predicted molar refractivity (Wildman–Crippen MR) is 146 cm³/mol. The minimum atomic E-state index is -0.344. The molecule has 0 atom stereocenters. The molecule has 0 aliphatic carbocycles. The number of piperidine rings is 1. The lowest BCUT2D eigenvalue weighted by atomic mass is 9.90. The van der Waals surface area contributed by atoms with Gasteiger partial charge in [-0.3, -0.25) is 18.6 Å². The molecule has 2 aliphatic heterocycles. The molecule has 5 rings (SSSR count). The molecule has 0 spiro atoms. The van der Waals surface area contributed by atoms with Gasteiger partial charge in [0, 0.05) is 60.9 Å². The number of ether oxygens (including phenoxy) is 1. The summed E-state index contributed by atoms with van der Waals surface area (Å²) in [5.74, 6) is 0.480. The maximum Gasteiger partial charge on any atom is 0.313 e. The van der Waals surface area contributed by atoms with Gasteiger partial charge in [-0.2, -0.15) is 0 Å². The van der Waals surface area contributed by atoms with Crippen molar-refractivity contribution in [3.63, 3.8) is 0 Å². The number of halogens is 1. The van der Waals surface area contributed by atoms with Crippen LogP contribution in [0, 0.1) is 12.7 Å². The Bertz CT molecular complexity index is 1420. The van der Waals surface area contributed by atoms with Crippen molar-refractivity contribution in [1.82, 2.24) is 14.7 Å². The van der Waals surface area contributed by atoms with Gasteiger partial charge in [-0.15, -0.1) is 0 Å². The second kappa shape index (κ2) is 11.8. The molecular formula is C30H38FN4O4+. The van der Waals surface area contributed by atoms with Gasteiger partial charge >= 0.3 is 5.97 Å². The van der Waals surface area contributed by atoms with Crippen molar-refractivity contribution in [1.29, 1.82) is 0 Å². The van der Waals surface area contributed by atoms with Gasteiger partial charge in [-0.25, -0.2) is 9.37 Å². The number of hydrogen-bond acceptors (Lipinski definition) is 6. The molecule has 4 heterocycles. The van der Waals surface area contributed by atoms with Gasteiger partial charge in [0.05, 0.1) is 31.7 Å². The molecule has 3 aromatic rings. The minimum Gasteiger partial charge on any atom is -0.415 e. The number of fused-ring (bicyclic) bond motifs is 2. The topological polar surface area (TPSA) is 87.2 Å². The molecular weight excluding hydrogens is 499 g/mol. The fourth-order valence-corrected chi connectivity index (χ4v) is 6.01. The summed E-state index contributed by atoms with van der Waals surface area (Å²) in [6, 6.07) is 4.54. The van der Waals surface area contributed by atoms with E-state index in [9.17, 15) is 14.0 Å². The van der Waals surface area contributed by atoms with E-state index in [0.29, 0.717) is 23.0 Å². The summed E-state index contributed by atoms with van der Waals surface area (Å²) in [7, 11) is 0. The lowest BCUT2D eigenvalue weighted by molar-refractivity contribution is -0.948. The van der Waals surface area contributed by atoms with Crippen LogP contribution in [0.4, 0.5) is 4.39 Å². The molecule has 39 heavy (non-hydrogen) atoms. The number of carbonyl (C=O) groups is 1. The van der Waals surface area contributed by atoms with E-state index < -0.39 is 0 Å². The summed E-state index contributed by atoms with van der Waals surface area (Å²) in [6.07, 6.45) is 10.1. The van der Waals surface area contributed by atoms with Crippen LogP contribution in [0.5, 0.6) is 0 Å². The molecule has 9 heteroatoms. The summed E-state index contributed by atoms with van der Waals surface area (Å²) in [5.41, 5.74) is 2.97. The van der Waals surface area contributed by atoms with E-state index in [1.165, 1.54) is 12.1 Å². The number of nitrogens with zero attached hydrogens (tertiary/aromatic N) is 4. The summed E-state index contributed by atoms with van der Waals surface area (Å²) >= 11 is 0. The van der Waals surface area contributed by atoms with Crippen LogP contribution in [0.3, 0.4) is 0 Å². The molecule has 0 unspecified atom stereocenters. The van der Waals surface area contributed by atoms with Gasteiger partial charge < -0.3 is 9.26 Å². The number of rotatable bonds is 9. The van der Waals surface area contributed by atoms with Gasteiger partial charge in [0.25, 0.3) is 5.56 Å². The Kier molecular flexibility index (Phi) is 8.26. The third-order valence-corrected chi connectivity index (χ3v) is 8.36. The average Bonchev–Trinajstić information content (AvgIpc) is 3.35. The van der Waals surface area contributed by atoms with Crippen LogP contribution in [0.1, 0.15) is 74.1 Å². The Morgan fingerprint density at radius 1 is 1.26 bits per heavy atom. The van der Waals surface area contributed by atoms with Crippen molar-refractivity contribution < 1.29 is 22.9 Å². The Balaban J connectivity index is 1.33. The molecule has 0 N–H and O–H groups in total. The first kappa shape index (κ1) is 27.2. The summed E-state index contributed by atoms with van der Waals surface area (Å²) in [5, 5.41) is 5.13. The highest BCUT2D eigenvalue weighted by atomic mass is 19.1. The van der Waals surface area contributed by atoms with Crippen LogP contribution in [-0.4, -0.2) is 51.5 Å². The number of likely N-dealkylation sites (tertiary alicyclic amines) is 1. The maximum atomic E-state index is 13.6. The van der Waals surface area contributed by atoms with Gasteiger partial charge in [-0.1, -0.05) is 24.2 Å². The van der Waals surface area contributed by atoms with Crippen molar-refractivity contribution in [2.24, 2.45) is 0 Å². The van der Waals surface area contributed by atoms with Gasteiger partial charge in [0.2, 0.25) is 6.73 Å². The normalized spacial score (nSPS) is 21.4. The van der Waals surface area contributed by atoms with Crippen LogP contribution in [0.2, 0.25) is 0 Å². The second-order valence-electron chi connectivity index (χ2n) is 11.0. The quantitative estimate of drug-likeness (QED) is 0.218. The largest absolute Gasteiger partial charge is 0.415 e. The smallest absolute Gasteiger partial charge is 0.313 e. The van der Waals surface area contributed by atoms with Crippen LogP contribution in [-0.2, 0) is 28.9 Å². The highest BCUT2D eigenvalue weighted by Gasteiger charge is 2.37. The summed E-state index contributed by atoms with van der Waals surface area (Å²) < 4.78 is 27.3. The predicted octanol–water partition coefficient (Wildman–Crippen LogP) is 4.96. The number of hydrogen-bond donors (Lipinski definition) is 0. The van der Waals surface area contributed by atoms with E-state index in [4.69, 9.17) is 14.2 Å². The number of carbonyl (C=O) groups excluding carboxylic acids is 1. The molecule has 208 valence electrons. The standard InChI is InChI=1S/C30H38FN4O4/c1-3-4-5-9-28(36)38-20-35(18-14-24-21(2)32-27-8-6-7-15-34(27)30(24)37)16-12-22(13-17-35)29-25-11-10-23(31)19-26(25)39-33-29/h4-5,10-11,19,22H,3,6-9,12-18,20H2,1-2H3/q+1/b5-4+. The fourth-order valence-electron chi connectivity index (χ4n) is 6.01. The zero-order valence-corrected chi connectivity index (χ0v) is 23.0. The first-order valence-electron chi connectivity index (χ1n) is 14.2. The molecule has 0 bridgehead atoms. The zero-order valence-electron chi connectivity index (χ0n) is 23.0. The first-order chi connectivity index (χ1) is 18.9. The van der Waals surface area contributed by atoms with E-state index in [-0.39, 0.29) is 36.4 Å². The molecule has 1 fully saturated rings. The minimum absolute atomic E-state index is 0.0771. The average molecular weight is 538 g/mol. The van der Waals surface area contributed by atoms with Gasteiger partial charge in [0.1, 0.15) is 11.6 Å². The lowest BCUT2D eigenvalue weighted by Crippen LogP contribution is -2.55. The SMILES string of the molecule is CC/C=C/CC(=O)OC[N+]1(CCc2c(C)nc3n(c2=O)CCCC3)CCC(c2noc3cc(F)ccc23)CC1. The Labute approximate surface area is 228 Å². The Morgan fingerprint density at radius 2 is 2.08 bits per heavy atom. The molecule has 0 amide bonds. The Hall–Kier alpha value is -3.33. The molecule has 1 aromatic carbocycles. The molecule has 0 saturated carbocycles. The third kappa shape index (κ3) is 5.98. The lowest BCUT2D eigenvalue weighted by Gasteiger charge is -2.42. The summed E-state index contributed by atoms with van der Waals surface area (Å²) in [4.78, 5) is 30.6. The highest BCUT2D eigenvalue weighted by molar-refractivity contribution is 5.79. The Morgan fingerprint density at radius 3 is 2.87 bits per heavy atom. The molecule has 8 nitrogen and oxygen atoms in total. The highest BCUT2D eigenvalue weighted by Crippen LogP contribution is 2.35. The summed E-state index contributed by atoms with van der Waals surface area (Å²) in [6.45, 7) is 7.20. The van der Waals surface area contributed by atoms with Gasteiger partial charge in [-0.05, 0) is 38.3 Å². The van der Waals surface area contributed by atoms with Crippen molar-refractivity contribution in [2.45, 2.75) is 77.7 Å². The van der Waals surface area contributed by atoms with Crippen LogP contribution >= 0.6 is 0 Å². The van der Waals surface area contributed by atoms with Crippen molar-refractivity contribution in [3.05, 3.63) is 69.3 Å². The second-order valence-corrected chi connectivity index (χ2v) is 11.0. The maximum absolute atomic E-state index is 13.6. The van der Waals surface area contributed by atoms with Crippen LogP contribution in [0.25, 0.3) is 11.0 Å². The molecule has 0 radical (unpaired) electrons.